The predicted molar refractivity (Wildman–Crippen MR) is 60.1 cm³/mol. The summed E-state index contributed by atoms with van der Waals surface area (Å²) >= 11 is 2.28. The van der Waals surface area contributed by atoms with E-state index in [2.05, 4.69) is 22.6 Å². The summed E-state index contributed by atoms with van der Waals surface area (Å²) in [4.78, 5) is 11.2. The number of rotatable bonds is 3. The minimum atomic E-state index is -0.248. The Balaban J connectivity index is 2.74. The fourth-order valence-electron chi connectivity index (χ4n) is 0.944. The number of alkyl halides is 1. The molecule has 0 amide bonds. The maximum atomic E-state index is 11.2. The van der Waals surface area contributed by atoms with Crippen molar-refractivity contribution >= 4 is 28.6 Å². The molecule has 0 N–H and O–H groups in total. The number of hydrogen-bond acceptors (Lipinski definition) is 2. The number of benzene rings is 1. The van der Waals surface area contributed by atoms with Gasteiger partial charge in [-0.15, -0.1) is 0 Å². The van der Waals surface area contributed by atoms with Crippen LogP contribution in [0.5, 0.6) is 0 Å². The number of hydrogen-bond donors (Lipinski definition) is 0. The fourth-order valence-corrected chi connectivity index (χ4v) is 1.45. The van der Waals surface area contributed by atoms with Gasteiger partial charge in [0.05, 0.1) is 12.2 Å². The molecule has 0 spiro atoms. The van der Waals surface area contributed by atoms with Crippen LogP contribution in [0.15, 0.2) is 24.3 Å². The maximum Gasteiger partial charge on any atom is 0.338 e. The van der Waals surface area contributed by atoms with Gasteiger partial charge in [-0.1, -0.05) is 34.7 Å². The van der Waals surface area contributed by atoms with Crippen molar-refractivity contribution in [3.05, 3.63) is 35.4 Å². The average molecular weight is 290 g/mol. The number of carbonyl (C=O) groups excluding carboxylic acids is 1. The van der Waals surface area contributed by atoms with Crippen molar-refractivity contribution in [2.24, 2.45) is 0 Å². The lowest BCUT2D eigenvalue weighted by Gasteiger charge is -2.01. The quantitative estimate of drug-likeness (QED) is 0.486. The van der Waals surface area contributed by atoms with Crippen LogP contribution in [-0.4, -0.2) is 12.6 Å². The molecular weight excluding hydrogens is 279 g/mol. The third-order valence-corrected chi connectivity index (χ3v) is 2.50. The second kappa shape index (κ2) is 5.21. The molecule has 70 valence electrons. The molecule has 1 aromatic rings. The van der Waals surface area contributed by atoms with Crippen molar-refractivity contribution in [3.63, 3.8) is 0 Å². The first-order valence-electron chi connectivity index (χ1n) is 4.10. The molecule has 0 heterocycles. The molecule has 0 aromatic heterocycles. The third kappa shape index (κ3) is 2.99. The SMILES string of the molecule is CCOC(=O)c1ccc(CI)cc1. The molecule has 0 atom stereocenters. The van der Waals surface area contributed by atoms with E-state index in [1.807, 2.05) is 12.1 Å². The lowest BCUT2D eigenvalue weighted by Crippen LogP contribution is -2.04. The summed E-state index contributed by atoms with van der Waals surface area (Å²) in [5.74, 6) is -0.248. The van der Waals surface area contributed by atoms with Crippen LogP contribution in [0.3, 0.4) is 0 Å². The normalized spacial score (nSPS) is 9.69. The highest BCUT2D eigenvalue weighted by Crippen LogP contribution is 2.08. The zero-order valence-corrected chi connectivity index (χ0v) is 9.58. The number of carbonyl (C=O) groups is 1. The summed E-state index contributed by atoms with van der Waals surface area (Å²) in [5.41, 5.74) is 1.84. The monoisotopic (exact) mass is 290 g/mol. The van der Waals surface area contributed by atoms with E-state index in [9.17, 15) is 4.79 Å². The third-order valence-electron chi connectivity index (χ3n) is 1.62. The Kier molecular flexibility index (Phi) is 4.21. The Hall–Kier alpha value is -0.580. The van der Waals surface area contributed by atoms with Gasteiger partial charge in [0.2, 0.25) is 0 Å². The molecule has 1 rings (SSSR count). The van der Waals surface area contributed by atoms with Gasteiger partial charge in [0.1, 0.15) is 0 Å². The van der Waals surface area contributed by atoms with Gasteiger partial charge in [-0.3, -0.25) is 0 Å². The van der Waals surface area contributed by atoms with Crippen molar-refractivity contribution in [1.29, 1.82) is 0 Å². The van der Waals surface area contributed by atoms with Gasteiger partial charge >= 0.3 is 5.97 Å². The van der Waals surface area contributed by atoms with Crippen LogP contribution in [-0.2, 0) is 9.16 Å². The Morgan fingerprint density at radius 1 is 1.38 bits per heavy atom. The van der Waals surface area contributed by atoms with Crippen LogP contribution < -0.4 is 0 Å². The molecule has 3 heteroatoms. The minimum Gasteiger partial charge on any atom is -0.462 e. The standard InChI is InChI=1S/C10H11IO2/c1-2-13-10(12)9-5-3-8(7-11)4-6-9/h3-6H,2,7H2,1H3. The van der Waals surface area contributed by atoms with Crippen molar-refractivity contribution in [1.82, 2.24) is 0 Å². The zero-order valence-electron chi connectivity index (χ0n) is 7.42. The lowest BCUT2D eigenvalue weighted by atomic mass is 10.1. The van der Waals surface area contributed by atoms with E-state index in [4.69, 9.17) is 4.74 Å². The van der Waals surface area contributed by atoms with Crippen LogP contribution in [0.4, 0.5) is 0 Å². The van der Waals surface area contributed by atoms with E-state index in [0.29, 0.717) is 12.2 Å². The average Bonchev–Trinajstić information content (AvgIpc) is 2.18. The van der Waals surface area contributed by atoms with Gasteiger partial charge in [-0.05, 0) is 24.6 Å². The summed E-state index contributed by atoms with van der Waals surface area (Å²) < 4.78 is 5.82. The molecule has 0 saturated heterocycles. The fraction of sp³-hybridized carbons (Fsp3) is 0.300. The van der Waals surface area contributed by atoms with Gasteiger partial charge in [0.25, 0.3) is 0 Å². The Bertz CT molecular complexity index is 279. The lowest BCUT2D eigenvalue weighted by molar-refractivity contribution is 0.0526. The first-order chi connectivity index (χ1) is 6.27. The Labute approximate surface area is 91.4 Å². The van der Waals surface area contributed by atoms with E-state index in [1.54, 1.807) is 19.1 Å². The molecule has 0 fully saturated rings. The number of halogens is 1. The Morgan fingerprint density at radius 3 is 2.46 bits per heavy atom. The molecule has 13 heavy (non-hydrogen) atoms. The van der Waals surface area contributed by atoms with Crippen molar-refractivity contribution in [2.45, 2.75) is 11.4 Å². The molecule has 0 radical (unpaired) electrons. The highest BCUT2D eigenvalue weighted by atomic mass is 127. The summed E-state index contributed by atoms with van der Waals surface area (Å²) in [6.45, 7) is 2.23. The van der Waals surface area contributed by atoms with Crippen LogP contribution >= 0.6 is 22.6 Å². The first-order valence-corrected chi connectivity index (χ1v) is 5.62. The summed E-state index contributed by atoms with van der Waals surface area (Å²) in [6, 6.07) is 7.48. The van der Waals surface area contributed by atoms with Gasteiger partial charge in [-0.25, -0.2) is 4.79 Å². The van der Waals surface area contributed by atoms with E-state index in [0.717, 1.165) is 4.43 Å². The summed E-state index contributed by atoms with van der Waals surface area (Å²) in [7, 11) is 0. The van der Waals surface area contributed by atoms with E-state index < -0.39 is 0 Å². The van der Waals surface area contributed by atoms with Crippen LogP contribution in [0, 0.1) is 0 Å². The molecule has 1 aromatic carbocycles. The maximum absolute atomic E-state index is 11.2. The molecule has 0 aliphatic rings. The molecule has 0 aliphatic carbocycles. The molecule has 0 aliphatic heterocycles. The summed E-state index contributed by atoms with van der Waals surface area (Å²) in [5, 5.41) is 0. The molecule has 0 unspecified atom stereocenters. The summed E-state index contributed by atoms with van der Waals surface area (Å²) in [6.07, 6.45) is 0. The molecule has 0 bridgehead atoms. The van der Waals surface area contributed by atoms with E-state index >= 15 is 0 Å². The highest BCUT2D eigenvalue weighted by Gasteiger charge is 2.04. The van der Waals surface area contributed by atoms with Crippen molar-refractivity contribution < 1.29 is 9.53 Å². The smallest absolute Gasteiger partial charge is 0.338 e. The highest BCUT2D eigenvalue weighted by molar-refractivity contribution is 14.1. The topological polar surface area (TPSA) is 26.3 Å². The van der Waals surface area contributed by atoms with Gasteiger partial charge in [-0.2, -0.15) is 0 Å². The second-order valence-corrected chi connectivity index (χ2v) is 3.31. The predicted octanol–water partition coefficient (Wildman–Crippen LogP) is 2.80. The van der Waals surface area contributed by atoms with E-state index in [1.165, 1.54) is 5.56 Å². The Morgan fingerprint density at radius 2 is 2.00 bits per heavy atom. The van der Waals surface area contributed by atoms with Crippen molar-refractivity contribution in [2.75, 3.05) is 6.61 Å². The zero-order chi connectivity index (χ0) is 9.68. The first kappa shape index (κ1) is 10.5. The number of esters is 1. The number of ether oxygens (including phenoxy) is 1. The van der Waals surface area contributed by atoms with Crippen molar-refractivity contribution in [3.8, 4) is 0 Å². The van der Waals surface area contributed by atoms with Crippen LogP contribution in [0.25, 0.3) is 0 Å². The van der Waals surface area contributed by atoms with Gasteiger partial charge < -0.3 is 4.74 Å². The second-order valence-electron chi connectivity index (χ2n) is 2.55. The minimum absolute atomic E-state index is 0.248. The van der Waals surface area contributed by atoms with Crippen LogP contribution in [0.1, 0.15) is 22.8 Å². The van der Waals surface area contributed by atoms with Gasteiger partial charge in [0, 0.05) is 4.43 Å². The van der Waals surface area contributed by atoms with E-state index in [-0.39, 0.29) is 5.97 Å². The van der Waals surface area contributed by atoms with Crippen LogP contribution in [0.2, 0.25) is 0 Å². The molecule has 2 nitrogen and oxygen atoms in total. The van der Waals surface area contributed by atoms with Gasteiger partial charge in [0.15, 0.2) is 0 Å². The molecule has 0 saturated carbocycles. The molecular formula is C10H11IO2. The largest absolute Gasteiger partial charge is 0.462 e.